The van der Waals surface area contributed by atoms with Crippen molar-refractivity contribution in [2.75, 3.05) is 13.2 Å². The van der Waals surface area contributed by atoms with Crippen LogP contribution in [0.15, 0.2) is 12.2 Å². The van der Waals surface area contributed by atoms with Gasteiger partial charge in [-0.1, -0.05) is 6.58 Å². The molecular formula is C22H24F10O5. The number of hydrogen-bond donors (Lipinski definition) is 0. The minimum absolute atomic E-state index is 0.0713. The topological polar surface area (TPSA) is 61.8 Å². The van der Waals surface area contributed by atoms with Gasteiger partial charge in [-0.25, -0.2) is 4.79 Å². The second kappa shape index (κ2) is 9.30. The highest BCUT2D eigenvalue weighted by atomic mass is 19.4. The summed E-state index contributed by atoms with van der Waals surface area (Å²) in [5.74, 6) is -22.2. The molecule has 0 aromatic carbocycles. The van der Waals surface area contributed by atoms with Crippen molar-refractivity contribution in [1.82, 2.24) is 0 Å². The van der Waals surface area contributed by atoms with Gasteiger partial charge in [0.15, 0.2) is 0 Å². The predicted molar refractivity (Wildman–Crippen MR) is 103 cm³/mol. The average molecular weight is 558 g/mol. The molecule has 37 heavy (non-hydrogen) atoms. The first-order valence-corrected chi connectivity index (χ1v) is 11.2. The lowest BCUT2D eigenvalue weighted by Gasteiger charge is -2.60. The molecule has 5 nitrogen and oxygen atoms in total. The molecule has 4 aliphatic carbocycles. The molecule has 4 bridgehead atoms. The van der Waals surface area contributed by atoms with E-state index in [9.17, 15) is 53.5 Å². The molecular weight excluding hydrogens is 534 g/mol. The molecule has 0 amide bonds. The summed E-state index contributed by atoms with van der Waals surface area (Å²) in [5.41, 5.74) is -1.67. The highest BCUT2D eigenvalue weighted by molar-refractivity contribution is 5.87. The molecule has 0 spiro atoms. The first kappa shape index (κ1) is 29.5. The largest absolute Gasteiger partial charge is 0.463 e. The molecule has 0 aliphatic heterocycles. The van der Waals surface area contributed by atoms with Crippen LogP contribution < -0.4 is 0 Å². The smallest absolute Gasteiger partial charge is 0.454 e. The molecule has 0 aromatic heterocycles. The standard InChI is InChI=1S/C22H24F10O5/c1-11(2)15(33)37-18-8-12-5-13(9-18)7-17(6-12,10-18)36-4-3-35-16(34)14(19(23,24)21(27,28)29)20(25,26)22(30,31)32/h12-14H,1,3-10H2,2H3. The van der Waals surface area contributed by atoms with Crippen molar-refractivity contribution < 1.29 is 67.7 Å². The van der Waals surface area contributed by atoms with Crippen molar-refractivity contribution in [3.8, 4) is 0 Å². The van der Waals surface area contributed by atoms with Crippen LogP contribution in [-0.2, 0) is 23.8 Å². The summed E-state index contributed by atoms with van der Waals surface area (Å²) >= 11 is 0. The van der Waals surface area contributed by atoms with E-state index in [1.165, 1.54) is 6.92 Å². The molecule has 0 N–H and O–H groups in total. The van der Waals surface area contributed by atoms with E-state index >= 15 is 0 Å². The van der Waals surface area contributed by atoms with E-state index in [0.29, 0.717) is 25.7 Å². The third-order valence-corrected chi connectivity index (χ3v) is 7.06. The van der Waals surface area contributed by atoms with Crippen molar-refractivity contribution >= 4 is 11.9 Å². The maximum atomic E-state index is 13.6. The fraction of sp³-hybridized carbons (Fsp3) is 0.818. The lowest BCUT2D eigenvalue weighted by Crippen LogP contribution is -2.61. The first-order valence-electron chi connectivity index (χ1n) is 11.2. The van der Waals surface area contributed by atoms with Gasteiger partial charge in [-0.05, 0) is 50.9 Å². The molecule has 2 atom stereocenters. The summed E-state index contributed by atoms with van der Waals surface area (Å²) in [6.45, 7) is 3.14. The van der Waals surface area contributed by atoms with Crippen LogP contribution >= 0.6 is 0 Å². The van der Waals surface area contributed by atoms with Gasteiger partial charge in [-0.15, -0.1) is 0 Å². The third kappa shape index (κ3) is 5.56. The number of hydrogen-bond acceptors (Lipinski definition) is 5. The number of carbonyl (C=O) groups excluding carboxylic acids is 2. The van der Waals surface area contributed by atoms with Gasteiger partial charge in [0.25, 0.3) is 0 Å². The Bertz CT molecular complexity index is 886. The maximum absolute atomic E-state index is 13.6. The van der Waals surface area contributed by atoms with Gasteiger partial charge in [0, 0.05) is 12.0 Å². The Kier molecular flexibility index (Phi) is 7.41. The lowest BCUT2D eigenvalue weighted by atomic mass is 9.52. The minimum atomic E-state index is -6.89. The van der Waals surface area contributed by atoms with E-state index < -0.39 is 66.5 Å². The second-order valence-corrected chi connectivity index (χ2v) is 10.2. The van der Waals surface area contributed by atoms with Crippen LogP contribution in [0, 0.1) is 17.8 Å². The zero-order chi connectivity index (χ0) is 28.2. The Balaban J connectivity index is 1.68. The van der Waals surface area contributed by atoms with Gasteiger partial charge in [-0.3, -0.25) is 4.79 Å². The number of ether oxygens (including phenoxy) is 3. The molecule has 0 heterocycles. The van der Waals surface area contributed by atoms with E-state index in [1.807, 2.05) is 0 Å². The third-order valence-electron chi connectivity index (χ3n) is 7.06. The molecule has 2 unspecified atom stereocenters. The van der Waals surface area contributed by atoms with Crippen LogP contribution in [-0.4, -0.2) is 60.6 Å². The van der Waals surface area contributed by atoms with E-state index in [-0.39, 0.29) is 23.8 Å². The molecule has 4 saturated carbocycles. The first-order chi connectivity index (χ1) is 16.6. The zero-order valence-corrected chi connectivity index (χ0v) is 19.4. The van der Waals surface area contributed by atoms with Crippen LogP contribution in [0.3, 0.4) is 0 Å². The molecule has 212 valence electrons. The van der Waals surface area contributed by atoms with Gasteiger partial charge < -0.3 is 14.2 Å². The van der Waals surface area contributed by atoms with Crippen LogP contribution in [0.2, 0.25) is 0 Å². The molecule has 0 radical (unpaired) electrons. The van der Waals surface area contributed by atoms with Crippen LogP contribution in [0.4, 0.5) is 43.9 Å². The van der Waals surface area contributed by atoms with Crippen LogP contribution in [0.1, 0.15) is 45.4 Å². The number of rotatable bonds is 9. The molecule has 0 saturated heterocycles. The Morgan fingerprint density at radius 3 is 1.73 bits per heavy atom. The summed E-state index contributed by atoms with van der Waals surface area (Å²) in [4.78, 5) is 23.9. The van der Waals surface area contributed by atoms with Gasteiger partial charge >= 0.3 is 36.1 Å². The molecule has 0 aromatic rings. The summed E-state index contributed by atoms with van der Waals surface area (Å²) in [6.07, 6.45) is -10.8. The molecule has 4 rings (SSSR count). The Morgan fingerprint density at radius 1 is 0.838 bits per heavy atom. The van der Waals surface area contributed by atoms with E-state index in [4.69, 9.17) is 9.47 Å². The fourth-order valence-electron chi connectivity index (χ4n) is 6.00. The van der Waals surface area contributed by atoms with Crippen molar-refractivity contribution in [2.45, 2.75) is 80.8 Å². The normalized spacial score (nSPS) is 29.9. The maximum Gasteiger partial charge on any atom is 0.454 e. The number of esters is 2. The van der Waals surface area contributed by atoms with Crippen molar-refractivity contribution in [2.24, 2.45) is 17.8 Å². The summed E-state index contributed by atoms with van der Waals surface area (Å²) < 4.78 is 146. The number of alkyl halides is 10. The van der Waals surface area contributed by atoms with E-state index in [0.717, 1.165) is 6.42 Å². The Morgan fingerprint density at radius 2 is 1.30 bits per heavy atom. The summed E-state index contributed by atoms with van der Waals surface area (Å²) in [5, 5.41) is 0. The Hall–Kier alpha value is -2.06. The second-order valence-electron chi connectivity index (χ2n) is 10.2. The number of carbonyl (C=O) groups is 2. The van der Waals surface area contributed by atoms with Gasteiger partial charge in [0.2, 0.25) is 5.92 Å². The summed E-state index contributed by atoms with van der Waals surface area (Å²) in [6, 6.07) is 0. The van der Waals surface area contributed by atoms with Gasteiger partial charge in [0.1, 0.15) is 12.2 Å². The van der Waals surface area contributed by atoms with Gasteiger partial charge in [0.05, 0.1) is 12.2 Å². The minimum Gasteiger partial charge on any atom is -0.463 e. The van der Waals surface area contributed by atoms with Crippen molar-refractivity contribution in [3.05, 3.63) is 12.2 Å². The average Bonchev–Trinajstić information content (AvgIpc) is 2.67. The molecule has 15 heteroatoms. The number of halogens is 10. The molecule has 4 aliphatic rings. The van der Waals surface area contributed by atoms with Crippen LogP contribution in [0.5, 0.6) is 0 Å². The zero-order valence-electron chi connectivity index (χ0n) is 19.4. The van der Waals surface area contributed by atoms with Crippen molar-refractivity contribution in [1.29, 1.82) is 0 Å². The predicted octanol–water partition coefficient (Wildman–Crippen LogP) is 5.77. The SMILES string of the molecule is C=C(C)C(=O)OC12CC3CC(CC(OCCOC(=O)C(C(F)(F)C(F)(F)F)C(F)(F)C(F)(F)F)(C3)C1)C2. The summed E-state index contributed by atoms with van der Waals surface area (Å²) in [7, 11) is 0. The quantitative estimate of drug-likeness (QED) is 0.156. The van der Waals surface area contributed by atoms with Crippen LogP contribution in [0.25, 0.3) is 0 Å². The lowest BCUT2D eigenvalue weighted by molar-refractivity contribution is -0.367. The Labute approximate surface area is 204 Å². The van der Waals surface area contributed by atoms with E-state index in [2.05, 4.69) is 11.3 Å². The highest BCUT2D eigenvalue weighted by Gasteiger charge is 2.79. The molecule has 4 fully saturated rings. The van der Waals surface area contributed by atoms with Crippen molar-refractivity contribution in [3.63, 3.8) is 0 Å². The monoisotopic (exact) mass is 558 g/mol. The highest BCUT2D eigenvalue weighted by Crippen LogP contribution is 2.60. The fourth-order valence-corrected chi connectivity index (χ4v) is 6.00. The van der Waals surface area contributed by atoms with E-state index in [1.54, 1.807) is 0 Å². The van der Waals surface area contributed by atoms with Gasteiger partial charge in [-0.2, -0.15) is 43.9 Å².